The van der Waals surface area contributed by atoms with Gasteiger partial charge in [-0.1, -0.05) is 11.6 Å². The number of nitrogens with zero attached hydrogens (tertiary/aromatic N) is 5. The molecule has 0 bridgehead atoms. The lowest BCUT2D eigenvalue weighted by Gasteiger charge is -2.39. The highest BCUT2D eigenvalue weighted by Crippen LogP contribution is 2.29. The monoisotopic (exact) mass is 443 g/mol. The Morgan fingerprint density at radius 3 is 2.83 bits per heavy atom. The molecule has 1 aliphatic rings. The Morgan fingerprint density at radius 2 is 2.13 bits per heavy atom. The molecular formula is C20H22ClN7OS. The van der Waals surface area contributed by atoms with E-state index in [1.54, 1.807) is 12.4 Å². The van der Waals surface area contributed by atoms with Crippen molar-refractivity contribution >= 4 is 40.0 Å². The molecule has 30 heavy (non-hydrogen) atoms. The van der Waals surface area contributed by atoms with Gasteiger partial charge < -0.3 is 10.2 Å². The fourth-order valence-electron chi connectivity index (χ4n) is 3.60. The molecule has 1 fully saturated rings. The molecule has 156 valence electrons. The van der Waals surface area contributed by atoms with Gasteiger partial charge in [0.1, 0.15) is 16.6 Å². The number of urea groups is 1. The molecule has 2 unspecified atom stereocenters. The van der Waals surface area contributed by atoms with E-state index < -0.39 is 0 Å². The first kappa shape index (κ1) is 20.5. The van der Waals surface area contributed by atoms with Gasteiger partial charge in [0.15, 0.2) is 0 Å². The molecule has 2 atom stereocenters. The average molecular weight is 444 g/mol. The minimum atomic E-state index is -0.242. The zero-order valence-corrected chi connectivity index (χ0v) is 18.2. The van der Waals surface area contributed by atoms with E-state index in [4.69, 9.17) is 11.6 Å². The fraction of sp³-hybridized carbons (Fsp3) is 0.350. The van der Waals surface area contributed by atoms with Gasteiger partial charge in [0.2, 0.25) is 0 Å². The summed E-state index contributed by atoms with van der Waals surface area (Å²) in [5.74, 6) is 1.60. The summed E-state index contributed by atoms with van der Waals surface area (Å²) in [5, 5.41) is 7.30. The number of amides is 2. The first-order valence-corrected chi connectivity index (χ1v) is 10.8. The normalized spacial score (nSPS) is 18.8. The Hall–Kier alpha value is -2.78. The van der Waals surface area contributed by atoms with Gasteiger partial charge in [0.05, 0.1) is 10.7 Å². The van der Waals surface area contributed by atoms with Gasteiger partial charge >= 0.3 is 6.03 Å². The molecule has 0 saturated carbocycles. The standard InChI is InChI=1S/C20H22ClN7OS/c1-12-9-19(30-27-12)26-20(29)25-17-6-8-28(18-5-7-22-13(2)24-18)11-15(17)16-4-3-14(21)10-23-16/h3-5,7,9-10,15,17H,6,8,11H2,1-2H3,(H2,25,26,29). The lowest BCUT2D eigenvalue weighted by Crippen LogP contribution is -2.51. The molecule has 2 N–H and O–H groups in total. The fourth-order valence-corrected chi connectivity index (χ4v) is 4.37. The van der Waals surface area contributed by atoms with Gasteiger partial charge in [-0.3, -0.25) is 10.3 Å². The summed E-state index contributed by atoms with van der Waals surface area (Å²) >= 11 is 7.30. The van der Waals surface area contributed by atoms with Crippen LogP contribution in [0.3, 0.4) is 0 Å². The Labute approximate surface area is 183 Å². The molecule has 10 heteroatoms. The van der Waals surface area contributed by atoms with Crippen LogP contribution in [0.25, 0.3) is 0 Å². The van der Waals surface area contributed by atoms with Crippen molar-refractivity contribution in [3.8, 4) is 0 Å². The number of aryl methyl sites for hydroxylation is 2. The van der Waals surface area contributed by atoms with Gasteiger partial charge in [0, 0.05) is 43.1 Å². The number of aromatic nitrogens is 4. The van der Waals surface area contributed by atoms with Crippen molar-refractivity contribution in [2.75, 3.05) is 23.3 Å². The molecule has 0 radical (unpaired) electrons. The van der Waals surface area contributed by atoms with Crippen LogP contribution in [-0.4, -0.2) is 44.5 Å². The van der Waals surface area contributed by atoms with E-state index in [0.717, 1.165) is 41.0 Å². The molecular weight excluding hydrogens is 422 g/mol. The quantitative estimate of drug-likeness (QED) is 0.637. The predicted octanol–water partition coefficient (Wildman–Crippen LogP) is 3.78. The molecule has 1 saturated heterocycles. The molecule has 0 aromatic carbocycles. The van der Waals surface area contributed by atoms with E-state index >= 15 is 0 Å². The lowest BCUT2D eigenvalue weighted by atomic mass is 9.89. The van der Waals surface area contributed by atoms with Crippen LogP contribution in [0.2, 0.25) is 5.02 Å². The van der Waals surface area contributed by atoms with Crippen molar-refractivity contribution in [3.63, 3.8) is 0 Å². The molecule has 4 heterocycles. The summed E-state index contributed by atoms with van der Waals surface area (Å²) < 4.78 is 4.20. The molecule has 0 spiro atoms. The summed E-state index contributed by atoms with van der Waals surface area (Å²) in [7, 11) is 0. The van der Waals surface area contributed by atoms with Crippen LogP contribution in [0.15, 0.2) is 36.7 Å². The van der Waals surface area contributed by atoms with Crippen molar-refractivity contribution in [1.29, 1.82) is 0 Å². The number of anilines is 2. The maximum atomic E-state index is 12.6. The number of hydrogen-bond acceptors (Lipinski definition) is 7. The van der Waals surface area contributed by atoms with Gasteiger partial charge in [-0.15, -0.1) is 0 Å². The summed E-state index contributed by atoms with van der Waals surface area (Å²) in [6.07, 6.45) is 4.16. The second-order valence-electron chi connectivity index (χ2n) is 7.24. The number of halogens is 1. The number of hydrogen-bond donors (Lipinski definition) is 2. The SMILES string of the molecule is Cc1cc(NC(=O)NC2CCN(c3ccnc(C)n3)CC2c2ccc(Cl)cn2)sn1. The minimum absolute atomic E-state index is 0.0137. The molecule has 0 aliphatic carbocycles. The summed E-state index contributed by atoms with van der Waals surface area (Å²) in [6, 6.07) is 7.19. The summed E-state index contributed by atoms with van der Waals surface area (Å²) in [5.41, 5.74) is 1.76. The highest BCUT2D eigenvalue weighted by molar-refractivity contribution is 7.10. The predicted molar refractivity (Wildman–Crippen MR) is 118 cm³/mol. The number of rotatable bonds is 4. The van der Waals surface area contributed by atoms with E-state index in [9.17, 15) is 4.79 Å². The van der Waals surface area contributed by atoms with Crippen LogP contribution < -0.4 is 15.5 Å². The third-order valence-electron chi connectivity index (χ3n) is 5.01. The van der Waals surface area contributed by atoms with Crippen LogP contribution in [-0.2, 0) is 0 Å². The Kier molecular flexibility index (Phi) is 6.10. The number of nitrogens with one attached hydrogen (secondary N) is 2. The third-order valence-corrected chi connectivity index (χ3v) is 6.03. The number of pyridine rings is 1. The first-order chi connectivity index (χ1) is 14.5. The van der Waals surface area contributed by atoms with Crippen LogP contribution in [0.5, 0.6) is 0 Å². The topological polar surface area (TPSA) is 95.9 Å². The van der Waals surface area contributed by atoms with E-state index in [-0.39, 0.29) is 18.0 Å². The highest BCUT2D eigenvalue weighted by atomic mass is 35.5. The lowest BCUT2D eigenvalue weighted by molar-refractivity contribution is 0.243. The van der Waals surface area contributed by atoms with Crippen LogP contribution >= 0.6 is 23.1 Å². The maximum absolute atomic E-state index is 12.6. The van der Waals surface area contributed by atoms with Gasteiger partial charge in [0.25, 0.3) is 0 Å². The average Bonchev–Trinajstić information content (AvgIpc) is 3.13. The molecule has 2 amide bonds. The third kappa shape index (κ3) is 4.85. The van der Waals surface area contributed by atoms with Crippen molar-refractivity contribution < 1.29 is 4.79 Å². The van der Waals surface area contributed by atoms with Crippen LogP contribution in [0.1, 0.15) is 29.6 Å². The molecule has 4 rings (SSSR count). The van der Waals surface area contributed by atoms with Gasteiger partial charge in [-0.2, -0.15) is 4.37 Å². The first-order valence-electron chi connectivity index (χ1n) is 9.65. The summed E-state index contributed by atoms with van der Waals surface area (Å²) in [4.78, 5) is 28.1. The molecule has 8 nitrogen and oxygen atoms in total. The van der Waals surface area contributed by atoms with Gasteiger partial charge in [-0.05, 0) is 56.1 Å². The number of carbonyl (C=O) groups is 1. The van der Waals surface area contributed by atoms with Crippen molar-refractivity contribution in [3.05, 3.63) is 58.9 Å². The Morgan fingerprint density at radius 1 is 1.27 bits per heavy atom. The largest absolute Gasteiger partial charge is 0.356 e. The molecule has 3 aromatic heterocycles. The minimum Gasteiger partial charge on any atom is -0.356 e. The Balaban J connectivity index is 1.52. The number of piperidine rings is 1. The van der Waals surface area contributed by atoms with Gasteiger partial charge in [-0.25, -0.2) is 14.8 Å². The van der Waals surface area contributed by atoms with Crippen molar-refractivity contribution in [1.82, 2.24) is 24.6 Å². The zero-order valence-electron chi connectivity index (χ0n) is 16.7. The van der Waals surface area contributed by atoms with E-state index in [1.165, 1.54) is 11.5 Å². The molecule has 1 aliphatic heterocycles. The van der Waals surface area contributed by atoms with E-state index in [0.29, 0.717) is 11.6 Å². The number of carbonyl (C=O) groups excluding carboxylic acids is 1. The zero-order chi connectivity index (χ0) is 21.1. The highest BCUT2D eigenvalue weighted by Gasteiger charge is 2.33. The maximum Gasteiger partial charge on any atom is 0.320 e. The van der Waals surface area contributed by atoms with Crippen molar-refractivity contribution in [2.24, 2.45) is 0 Å². The van der Waals surface area contributed by atoms with E-state index in [2.05, 4.69) is 34.9 Å². The second kappa shape index (κ2) is 8.93. The Bertz CT molecular complexity index is 1030. The molecule has 3 aromatic rings. The van der Waals surface area contributed by atoms with Crippen molar-refractivity contribution in [2.45, 2.75) is 32.2 Å². The smallest absolute Gasteiger partial charge is 0.320 e. The van der Waals surface area contributed by atoms with Crippen LogP contribution in [0.4, 0.5) is 15.6 Å². The van der Waals surface area contributed by atoms with E-state index in [1.807, 2.05) is 38.1 Å². The summed E-state index contributed by atoms with van der Waals surface area (Å²) in [6.45, 7) is 5.22. The second-order valence-corrected chi connectivity index (χ2v) is 8.48. The van der Waals surface area contributed by atoms with Crippen LogP contribution in [0, 0.1) is 13.8 Å².